The molecule has 0 saturated carbocycles. The Hall–Kier alpha value is -2.24. The number of carboxylic acids is 1. The van der Waals surface area contributed by atoms with E-state index in [-0.39, 0.29) is 12.2 Å². The molecular weight excluding hydrogens is 428 g/mol. The number of nitrogens with two attached hydrogens (primary N) is 1. The van der Waals surface area contributed by atoms with Gasteiger partial charge < -0.3 is 26.8 Å². The van der Waals surface area contributed by atoms with Crippen LogP contribution >= 0.6 is 24.4 Å². The van der Waals surface area contributed by atoms with E-state index in [0.29, 0.717) is 12.2 Å². The molecule has 166 valence electrons. The second kappa shape index (κ2) is 13.9. The highest BCUT2D eigenvalue weighted by Crippen LogP contribution is 2.06. The van der Waals surface area contributed by atoms with Gasteiger partial charge in [0.05, 0.1) is 6.04 Å². The maximum absolute atomic E-state index is 12.8. The van der Waals surface area contributed by atoms with Gasteiger partial charge in [0.2, 0.25) is 17.7 Å². The van der Waals surface area contributed by atoms with Crippen molar-refractivity contribution < 1.29 is 24.3 Å². The number of carbonyl (C=O) groups is 4. The fourth-order valence-electron chi connectivity index (χ4n) is 2.47. The maximum Gasteiger partial charge on any atom is 0.322 e. The Kier molecular flexibility index (Phi) is 11.9. The number of aliphatic carboxylic acids is 1. The summed E-state index contributed by atoms with van der Waals surface area (Å²) in [7, 11) is 0. The Balaban J connectivity index is 2.87. The second-order valence-electron chi connectivity index (χ2n) is 6.49. The van der Waals surface area contributed by atoms with E-state index in [4.69, 9.17) is 10.8 Å². The van der Waals surface area contributed by atoms with Crippen LogP contribution in [-0.2, 0) is 25.6 Å². The van der Waals surface area contributed by atoms with Crippen LogP contribution in [0.4, 0.5) is 0 Å². The van der Waals surface area contributed by atoms with Gasteiger partial charge >= 0.3 is 5.97 Å². The van der Waals surface area contributed by atoms with Gasteiger partial charge in [-0.1, -0.05) is 30.3 Å². The van der Waals surface area contributed by atoms with Crippen molar-refractivity contribution in [1.82, 2.24) is 16.0 Å². The Bertz CT molecular complexity index is 720. The number of hydrogen-bond acceptors (Lipinski definition) is 7. The normalized spacial score (nSPS) is 13.6. The standard InChI is InChI=1S/C19H28N4O5S2/c1-30-8-7-13(20)17(26)22-14(9-12-5-3-2-4-6-12)19(28)23-15(11-29)18(27)21-10-16(24)25/h2-6,13-15,29H,7-11,20H2,1H3,(H,21,27)(H,22,26)(H,23,28)(H,24,25). The van der Waals surface area contributed by atoms with E-state index < -0.39 is 48.4 Å². The van der Waals surface area contributed by atoms with Crippen LogP contribution in [0.3, 0.4) is 0 Å². The number of carbonyl (C=O) groups excluding carboxylic acids is 3. The van der Waals surface area contributed by atoms with Crippen LogP contribution in [0, 0.1) is 0 Å². The third-order valence-electron chi connectivity index (χ3n) is 4.11. The van der Waals surface area contributed by atoms with E-state index in [0.717, 1.165) is 5.56 Å². The summed E-state index contributed by atoms with van der Waals surface area (Å²) in [6, 6.07) is 6.31. The molecule has 11 heteroatoms. The molecule has 0 aliphatic heterocycles. The summed E-state index contributed by atoms with van der Waals surface area (Å²) < 4.78 is 0. The van der Waals surface area contributed by atoms with Gasteiger partial charge in [0.15, 0.2) is 0 Å². The number of hydrogen-bond donors (Lipinski definition) is 6. The number of carboxylic acid groups (broad SMARTS) is 1. The molecule has 0 aliphatic rings. The highest BCUT2D eigenvalue weighted by Gasteiger charge is 2.27. The average molecular weight is 457 g/mol. The summed E-state index contributed by atoms with van der Waals surface area (Å²) in [5, 5.41) is 16.1. The molecule has 3 unspecified atom stereocenters. The van der Waals surface area contributed by atoms with E-state index in [9.17, 15) is 19.2 Å². The highest BCUT2D eigenvalue weighted by molar-refractivity contribution is 7.98. The van der Waals surface area contributed by atoms with Gasteiger partial charge in [-0.15, -0.1) is 0 Å². The van der Waals surface area contributed by atoms with Crippen molar-refractivity contribution >= 4 is 48.1 Å². The van der Waals surface area contributed by atoms with Crippen LogP contribution in [0.25, 0.3) is 0 Å². The molecule has 0 bridgehead atoms. The molecular formula is C19H28N4O5S2. The molecule has 1 rings (SSSR count). The Morgan fingerprint density at radius 1 is 1.07 bits per heavy atom. The predicted octanol–water partition coefficient (Wildman–Crippen LogP) is -0.590. The summed E-state index contributed by atoms with van der Waals surface area (Å²) in [5.41, 5.74) is 6.71. The SMILES string of the molecule is CSCCC(N)C(=O)NC(Cc1ccccc1)C(=O)NC(CS)C(=O)NCC(=O)O. The first-order valence-corrected chi connectivity index (χ1v) is 11.3. The molecule has 0 aliphatic carbocycles. The largest absolute Gasteiger partial charge is 0.480 e. The molecule has 0 heterocycles. The lowest BCUT2D eigenvalue weighted by atomic mass is 10.0. The minimum atomic E-state index is -1.21. The van der Waals surface area contributed by atoms with Gasteiger partial charge in [0.1, 0.15) is 18.6 Å². The molecule has 6 N–H and O–H groups in total. The predicted molar refractivity (Wildman–Crippen MR) is 119 cm³/mol. The smallest absolute Gasteiger partial charge is 0.322 e. The lowest BCUT2D eigenvalue weighted by Crippen LogP contribution is -2.57. The van der Waals surface area contributed by atoms with Crippen LogP contribution in [-0.4, -0.2) is 71.2 Å². The summed E-state index contributed by atoms with van der Waals surface area (Å²) in [6.45, 7) is -0.576. The summed E-state index contributed by atoms with van der Waals surface area (Å²) in [6.07, 6.45) is 2.57. The van der Waals surface area contributed by atoms with Gasteiger partial charge in [-0.25, -0.2) is 0 Å². The zero-order valence-electron chi connectivity index (χ0n) is 16.7. The van der Waals surface area contributed by atoms with Crippen LogP contribution < -0.4 is 21.7 Å². The highest BCUT2D eigenvalue weighted by atomic mass is 32.2. The first-order valence-electron chi connectivity index (χ1n) is 9.28. The lowest BCUT2D eigenvalue weighted by Gasteiger charge is -2.23. The Labute approximate surface area is 185 Å². The number of benzene rings is 1. The molecule has 1 aromatic carbocycles. The topological polar surface area (TPSA) is 151 Å². The Morgan fingerprint density at radius 2 is 1.70 bits per heavy atom. The zero-order valence-corrected chi connectivity index (χ0v) is 18.4. The van der Waals surface area contributed by atoms with Crippen LogP contribution in [0.1, 0.15) is 12.0 Å². The first-order chi connectivity index (χ1) is 14.3. The lowest BCUT2D eigenvalue weighted by molar-refractivity contribution is -0.138. The van der Waals surface area contributed by atoms with Crippen LogP contribution in [0.15, 0.2) is 30.3 Å². The average Bonchev–Trinajstić information content (AvgIpc) is 2.73. The molecule has 0 spiro atoms. The molecule has 30 heavy (non-hydrogen) atoms. The summed E-state index contributed by atoms with van der Waals surface area (Å²) in [5.74, 6) is -2.28. The van der Waals surface area contributed by atoms with Crippen molar-refractivity contribution in [3.63, 3.8) is 0 Å². The molecule has 0 fully saturated rings. The number of thioether (sulfide) groups is 1. The van der Waals surface area contributed by atoms with E-state index >= 15 is 0 Å². The van der Waals surface area contributed by atoms with Gasteiger partial charge in [-0.05, 0) is 24.0 Å². The van der Waals surface area contributed by atoms with Crippen molar-refractivity contribution in [3.8, 4) is 0 Å². The summed E-state index contributed by atoms with van der Waals surface area (Å²) in [4.78, 5) is 48.0. The minimum absolute atomic E-state index is 0.0452. The fourth-order valence-corrected chi connectivity index (χ4v) is 3.21. The van der Waals surface area contributed by atoms with Gasteiger partial charge in [-0.3, -0.25) is 19.2 Å². The Morgan fingerprint density at radius 3 is 2.27 bits per heavy atom. The third kappa shape index (κ3) is 9.51. The zero-order chi connectivity index (χ0) is 22.5. The van der Waals surface area contributed by atoms with E-state index in [1.165, 1.54) is 0 Å². The first kappa shape index (κ1) is 25.8. The molecule has 3 amide bonds. The number of rotatable bonds is 13. The monoisotopic (exact) mass is 456 g/mol. The quantitative estimate of drug-likeness (QED) is 0.217. The molecule has 9 nitrogen and oxygen atoms in total. The molecule has 0 aromatic heterocycles. The van der Waals surface area contributed by atoms with Crippen molar-refractivity contribution in [2.75, 3.05) is 24.3 Å². The van der Waals surface area contributed by atoms with E-state index in [1.807, 2.05) is 36.6 Å². The van der Waals surface area contributed by atoms with E-state index in [2.05, 4.69) is 28.6 Å². The minimum Gasteiger partial charge on any atom is -0.480 e. The molecule has 3 atom stereocenters. The van der Waals surface area contributed by atoms with Crippen LogP contribution in [0.5, 0.6) is 0 Å². The molecule has 0 saturated heterocycles. The maximum atomic E-state index is 12.8. The number of thiol groups is 1. The van der Waals surface area contributed by atoms with Crippen molar-refractivity contribution in [3.05, 3.63) is 35.9 Å². The second-order valence-corrected chi connectivity index (χ2v) is 7.84. The molecule has 0 radical (unpaired) electrons. The van der Waals surface area contributed by atoms with Crippen molar-refractivity contribution in [1.29, 1.82) is 0 Å². The van der Waals surface area contributed by atoms with Crippen LogP contribution in [0.2, 0.25) is 0 Å². The van der Waals surface area contributed by atoms with Gasteiger partial charge in [0, 0.05) is 12.2 Å². The van der Waals surface area contributed by atoms with E-state index in [1.54, 1.807) is 11.8 Å². The third-order valence-corrected chi connectivity index (χ3v) is 5.12. The van der Waals surface area contributed by atoms with Crippen molar-refractivity contribution in [2.24, 2.45) is 5.73 Å². The number of nitrogens with one attached hydrogen (secondary N) is 3. The molecule has 1 aromatic rings. The fraction of sp³-hybridized carbons (Fsp3) is 0.474. The van der Waals surface area contributed by atoms with Crippen molar-refractivity contribution in [2.45, 2.75) is 31.0 Å². The summed E-state index contributed by atoms with van der Waals surface area (Å²) >= 11 is 5.61. The van der Waals surface area contributed by atoms with Gasteiger partial charge in [0.25, 0.3) is 0 Å². The van der Waals surface area contributed by atoms with Gasteiger partial charge in [-0.2, -0.15) is 24.4 Å². The number of amides is 3.